The van der Waals surface area contributed by atoms with Gasteiger partial charge in [-0.2, -0.15) is 0 Å². The van der Waals surface area contributed by atoms with Gasteiger partial charge in [-0.05, 0) is 25.0 Å². The van der Waals surface area contributed by atoms with Crippen LogP contribution < -0.4 is 4.90 Å². The van der Waals surface area contributed by atoms with E-state index in [9.17, 15) is 4.79 Å². The molecule has 1 aliphatic rings. The molecule has 0 radical (unpaired) electrons. The molecule has 5 rings (SSSR count). The van der Waals surface area contributed by atoms with Crippen LogP contribution in [0, 0.1) is 0 Å². The highest BCUT2D eigenvalue weighted by Crippen LogP contribution is 2.29. The number of amides is 1. The number of benzene rings is 1. The highest BCUT2D eigenvalue weighted by molar-refractivity contribution is 7.17. The van der Waals surface area contributed by atoms with Crippen molar-refractivity contribution in [2.45, 2.75) is 18.9 Å². The molecule has 28 heavy (non-hydrogen) atoms. The van der Waals surface area contributed by atoms with Crippen molar-refractivity contribution < 1.29 is 4.79 Å². The predicted octanol–water partition coefficient (Wildman–Crippen LogP) is 3.91. The number of carbonyl (C=O) groups is 1. The Morgan fingerprint density at radius 2 is 2.00 bits per heavy atom. The molecule has 1 aromatic carbocycles. The minimum absolute atomic E-state index is 0.147. The third-order valence-electron chi connectivity index (χ3n) is 5.68. The molecule has 1 saturated heterocycles. The summed E-state index contributed by atoms with van der Waals surface area (Å²) in [6.07, 6.45) is 5.36. The van der Waals surface area contributed by atoms with Gasteiger partial charge in [-0.15, -0.1) is 11.3 Å². The zero-order valence-corrected chi connectivity index (χ0v) is 16.4. The number of hydrogen-bond acceptors (Lipinski definition) is 5. The molecule has 6 nitrogen and oxygen atoms in total. The molecule has 3 aromatic heterocycles. The molecule has 0 bridgehead atoms. The van der Waals surface area contributed by atoms with Gasteiger partial charge in [0.1, 0.15) is 17.8 Å². The molecule has 4 aromatic rings. The van der Waals surface area contributed by atoms with Gasteiger partial charge < -0.3 is 14.8 Å². The van der Waals surface area contributed by atoms with E-state index in [4.69, 9.17) is 0 Å². The number of H-pyrrole nitrogens is 1. The Morgan fingerprint density at radius 3 is 2.86 bits per heavy atom. The summed E-state index contributed by atoms with van der Waals surface area (Å²) in [5, 5.41) is 4.09. The largest absolute Gasteiger partial charge is 0.356 e. The van der Waals surface area contributed by atoms with Gasteiger partial charge in [-0.1, -0.05) is 18.2 Å². The van der Waals surface area contributed by atoms with Gasteiger partial charge in [-0.25, -0.2) is 9.97 Å². The fourth-order valence-electron chi connectivity index (χ4n) is 4.08. The van der Waals surface area contributed by atoms with E-state index in [1.165, 1.54) is 4.70 Å². The lowest BCUT2D eigenvalue weighted by Gasteiger charge is -2.37. The molecule has 7 heteroatoms. The Balaban J connectivity index is 1.31. The Morgan fingerprint density at radius 1 is 1.18 bits per heavy atom. The number of anilines is 1. The van der Waals surface area contributed by atoms with Gasteiger partial charge in [0, 0.05) is 47.8 Å². The summed E-state index contributed by atoms with van der Waals surface area (Å²) in [7, 11) is 2.09. The highest BCUT2D eigenvalue weighted by atomic mass is 32.1. The van der Waals surface area contributed by atoms with Crippen LogP contribution in [0.1, 0.15) is 23.2 Å². The second kappa shape index (κ2) is 6.91. The number of nitrogens with one attached hydrogen (secondary N) is 1. The van der Waals surface area contributed by atoms with Crippen LogP contribution in [0.15, 0.2) is 48.2 Å². The van der Waals surface area contributed by atoms with Gasteiger partial charge in [0.15, 0.2) is 0 Å². The van der Waals surface area contributed by atoms with Gasteiger partial charge in [0.05, 0.1) is 10.9 Å². The summed E-state index contributed by atoms with van der Waals surface area (Å²) in [6.45, 7) is 1.53. The summed E-state index contributed by atoms with van der Waals surface area (Å²) in [4.78, 5) is 29.2. The number of aromatic nitrogens is 3. The molecule has 1 aliphatic heterocycles. The molecule has 142 valence electrons. The van der Waals surface area contributed by atoms with Crippen molar-refractivity contribution in [1.82, 2.24) is 19.9 Å². The van der Waals surface area contributed by atoms with Gasteiger partial charge >= 0.3 is 0 Å². The first-order chi connectivity index (χ1) is 13.7. The molecule has 1 fully saturated rings. The number of piperidine rings is 1. The predicted molar refractivity (Wildman–Crippen MR) is 113 cm³/mol. The van der Waals surface area contributed by atoms with Crippen LogP contribution in [0.2, 0.25) is 0 Å². The zero-order valence-electron chi connectivity index (χ0n) is 15.6. The van der Waals surface area contributed by atoms with E-state index in [0.717, 1.165) is 53.7 Å². The van der Waals surface area contributed by atoms with E-state index in [1.54, 1.807) is 17.7 Å². The van der Waals surface area contributed by atoms with E-state index >= 15 is 0 Å². The lowest BCUT2D eigenvalue weighted by Crippen LogP contribution is -2.45. The molecule has 0 unspecified atom stereocenters. The van der Waals surface area contributed by atoms with E-state index in [1.807, 2.05) is 40.7 Å². The number of carbonyl (C=O) groups excluding carboxylic acids is 1. The van der Waals surface area contributed by atoms with E-state index in [-0.39, 0.29) is 5.91 Å². The number of thiophene rings is 1. The normalized spacial score (nSPS) is 15.4. The lowest BCUT2D eigenvalue weighted by molar-refractivity contribution is 0.0715. The quantitative estimate of drug-likeness (QED) is 0.575. The third-order valence-corrected chi connectivity index (χ3v) is 6.64. The van der Waals surface area contributed by atoms with E-state index < -0.39 is 0 Å². The van der Waals surface area contributed by atoms with Crippen molar-refractivity contribution in [1.29, 1.82) is 0 Å². The van der Waals surface area contributed by atoms with Gasteiger partial charge in [0.25, 0.3) is 5.91 Å². The monoisotopic (exact) mass is 391 g/mol. The van der Waals surface area contributed by atoms with Crippen LogP contribution in [-0.4, -0.2) is 51.9 Å². The molecule has 4 heterocycles. The zero-order chi connectivity index (χ0) is 19.1. The maximum atomic E-state index is 13.1. The van der Waals surface area contributed by atoms with Crippen molar-refractivity contribution in [3.05, 3.63) is 53.8 Å². The summed E-state index contributed by atoms with van der Waals surface area (Å²) in [6, 6.07) is 10.5. The maximum Gasteiger partial charge on any atom is 0.255 e. The molecular formula is C21H21N5OS. The summed E-state index contributed by atoms with van der Waals surface area (Å²) in [5.74, 6) is 1.09. The fraction of sp³-hybridized carbons (Fsp3) is 0.286. The van der Waals surface area contributed by atoms with Crippen LogP contribution in [0.3, 0.4) is 0 Å². The summed E-state index contributed by atoms with van der Waals surface area (Å²) in [5.41, 5.74) is 1.69. The van der Waals surface area contributed by atoms with Crippen LogP contribution in [0.4, 0.5) is 5.82 Å². The van der Waals surface area contributed by atoms with Crippen molar-refractivity contribution in [3.63, 3.8) is 0 Å². The van der Waals surface area contributed by atoms with Crippen LogP contribution in [-0.2, 0) is 0 Å². The Hall–Kier alpha value is -2.93. The van der Waals surface area contributed by atoms with Gasteiger partial charge in [0.2, 0.25) is 0 Å². The number of rotatable bonds is 3. The van der Waals surface area contributed by atoms with Crippen molar-refractivity contribution in [2.75, 3.05) is 25.0 Å². The molecule has 0 atom stereocenters. The summed E-state index contributed by atoms with van der Waals surface area (Å²) >= 11 is 1.64. The number of hydrogen-bond donors (Lipinski definition) is 1. The Kier molecular flexibility index (Phi) is 4.24. The van der Waals surface area contributed by atoms with Crippen molar-refractivity contribution >= 4 is 44.2 Å². The van der Waals surface area contributed by atoms with E-state index in [0.29, 0.717) is 6.04 Å². The second-order valence-electron chi connectivity index (χ2n) is 7.22. The topological polar surface area (TPSA) is 65.1 Å². The maximum absolute atomic E-state index is 13.1. The number of fused-ring (bicyclic) bond motifs is 2. The van der Waals surface area contributed by atoms with Crippen molar-refractivity contribution in [2.24, 2.45) is 0 Å². The highest BCUT2D eigenvalue weighted by Gasteiger charge is 2.28. The van der Waals surface area contributed by atoms with E-state index in [2.05, 4.69) is 33.0 Å². The minimum Gasteiger partial charge on any atom is -0.356 e. The molecule has 1 N–H and O–H groups in total. The first-order valence-electron chi connectivity index (χ1n) is 9.49. The van der Waals surface area contributed by atoms with Gasteiger partial charge in [-0.3, -0.25) is 4.79 Å². The Bertz CT molecular complexity index is 1140. The average molecular weight is 392 g/mol. The molecule has 0 spiro atoms. The van der Waals surface area contributed by atoms with Crippen LogP contribution in [0.5, 0.6) is 0 Å². The molecular weight excluding hydrogens is 370 g/mol. The SMILES string of the molecule is CN(c1ncnc2[nH]ccc12)C1CCN(C(=O)c2csc3ccccc23)CC1. The second-order valence-corrected chi connectivity index (χ2v) is 8.13. The first kappa shape index (κ1) is 17.2. The molecule has 0 aliphatic carbocycles. The molecule has 0 saturated carbocycles. The summed E-state index contributed by atoms with van der Waals surface area (Å²) < 4.78 is 1.17. The fourth-order valence-corrected chi connectivity index (χ4v) is 5.02. The first-order valence-corrected chi connectivity index (χ1v) is 10.4. The third kappa shape index (κ3) is 2.82. The number of nitrogens with zero attached hydrogens (tertiary/aromatic N) is 4. The van der Waals surface area contributed by atoms with Crippen molar-refractivity contribution in [3.8, 4) is 0 Å². The molecule has 1 amide bonds. The number of aromatic amines is 1. The van der Waals surface area contributed by atoms with Crippen LogP contribution >= 0.6 is 11.3 Å². The minimum atomic E-state index is 0.147. The van der Waals surface area contributed by atoms with Crippen LogP contribution in [0.25, 0.3) is 21.1 Å². The lowest BCUT2D eigenvalue weighted by atomic mass is 10.0. The Labute approximate surface area is 166 Å². The smallest absolute Gasteiger partial charge is 0.255 e. The standard InChI is InChI=1S/C21H21N5OS/c1-25(20-16-6-9-22-19(16)23-13-24-20)14-7-10-26(11-8-14)21(27)17-12-28-18-5-3-2-4-15(17)18/h2-6,9,12-14H,7-8,10-11H2,1H3,(H,22,23,24). The average Bonchev–Trinajstić information content (AvgIpc) is 3.39. The number of likely N-dealkylation sites (tertiary alicyclic amines) is 1.